The Labute approximate surface area is 123 Å². The summed E-state index contributed by atoms with van der Waals surface area (Å²) in [4.78, 5) is 20.2. The van der Waals surface area contributed by atoms with E-state index in [-0.39, 0.29) is 5.91 Å². The fourth-order valence-electron chi connectivity index (χ4n) is 2.29. The molecule has 0 radical (unpaired) electrons. The Hall–Kier alpha value is -2.56. The smallest absolute Gasteiger partial charge is 0.242 e. The summed E-state index contributed by atoms with van der Waals surface area (Å²) in [6, 6.07) is 9.61. The van der Waals surface area contributed by atoms with Gasteiger partial charge in [-0.3, -0.25) is 14.8 Å². The van der Waals surface area contributed by atoms with E-state index in [1.807, 2.05) is 30.3 Å². The van der Waals surface area contributed by atoms with E-state index in [9.17, 15) is 4.79 Å². The van der Waals surface area contributed by atoms with Crippen molar-refractivity contribution >= 4 is 11.6 Å². The molecule has 1 amide bonds. The third-order valence-corrected chi connectivity index (χ3v) is 3.37. The maximum absolute atomic E-state index is 11.8. The van der Waals surface area contributed by atoms with Gasteiger partial charge in [-0.25, -0.2) is 5.01 Å². The van der Waals surface area contributed by atoms with Gasteiger partial charge < -0.3 is 0 Å². The zero-order chi connectivity index (χ0) is 14.5. The summed E-state index contributed by atoms with van der Waals surface area (Å²) >= 11 is 0. The number of hydrogen-bond donors (Lipinski definition) is 0. The van der Waals surface area contributed by atoms with E-state index in [2.05, 4.69) is 15.1 Å². The number of carbonyl (C=O) groups is 1. The molecule has 0 bridgehead atoms. The molecule has 5 nitrogen and oxygen atoms in total. The molecule has 1 fully saturated rings. The number of aromatic nitrogens is 2. The highest BCUT2D eigenvalue weighted by molar-refractivity contribution is 6.00. The average molecular weight is 280 g/mol. The number of carbonyl (C=O) groups excluding carboxylic acids is 1. The van der Waals surface area contributed by atoms with Crippen molar-refractivity contribution in [2.45, 2.75) is 19.3 Å². The lowest BCUT2D eigenvalue weighted by molar-refractivity contribution is -0.127. The van der Waals surface area contributed by atoms with Crippen LogP contribution in [0, 0.1) is 0 Å². The van der Waals surface area contributed by atoms with Crippen molar-refractivity contribution < 1.29 is 4.79 Å². The molecular formula is C16H16N4O. The summed E-state index contributed by atoms with van der Waals surface area (Å²) < 4.78 is 0. The lowest BCUT2D eigenvalue weighted by Crippen LogP contribution is -2.22. The van der Waals surface area contributed by atoms with Gasteiger partial charge in [0.25, 0.3) is 0 Å². The van der Waals surface area contributed by atoms with Gasteiger partial charge in [0.05, 0.1) is 11.4 Å². The SMILES string of the molecule is O=C1CCCN1N=C(Cc1ccncc1)c1ccccn1. The van der Waals surface area contributed by atoms with Crippen LogP contribution in [-0.2, 0) is 11.2 Å². The van der Waals surface area contributed by atoms with Gasteiger partial charge in [0, 0.05) is 38.0 Å². The minimum Gasteiger partial charge on any atom is -0.273 e. The Morgan fingerprint density at radius 1 is 1.19 bits per heavy atom. The molecule has 21 heavy (non-hydrogen) atoms. The lowest BCUT2D eigenvalue weighted by atomic mass is 10.1. The van der Waals surface area contributed by atoms with Crippen LogP contribution < -0.4 is 0 Å². The van der Waals surface area contributed by atoms with E-state index >= 15 is 0 Å². The molecule has 0 N–H and O–H groups in total. The summed E-state index contributed by atoms with van der Waals surface area (Å²) in [7, 11) is 0. The van der Waals surface area contributed by atoms with Crippen LogP contribution >= 0.6 is 0 Å². The van der Waals surface area contributed by atoms with Crippen molar-refractivity contribution in [3.63, 3.8) is 0 Å². The quantitative estimate of drug-likeness (QED) is 0.805. The van der Waals surface area contributed by atoms with E-state index in [1.165, 1.54) is 0 Å². The van der Waals surface area contributed by atoms with Crippen molar-refractivity contribution in [2.75, 3.05) is 6.54 Å². The van der Waals surface area contributed by atoms with Gasteiger partial charge >= 0.3 is 0 Å². The summed E-state index contributed by atoms with van der Waals surface area (Å²) in [6.07, 6.45) is 7.33. The van der Waals surface area contributed by atoms with Crippen molar-refractivity contribution in [1.82, 2.24) is 15.0 Å². The molecule has 0 spiro atoms. The zero-order valence-electron chi connectivity index (χ0n) is 11.6. The number of pyridine rings is 2. The maximum atomic E-state index is 11.8. The van der Waals surface area contributed by atoms with E-state index < -0.39 is 0 Å². The number of amides is 1. The first-order chi connectivity index (χ1) is 10.3. The third kappa shape index (κ3) is 3.31. The van der Waals surface area contributed by atoms with Gasteiger partial charge in [-0.15, -0.1) is 0 Å². The van der Waals surface area contributed by atoms with Crippen LogP contribution in [0.3, 0.4) is 0 Å². The number of rotatable bonds is 4. The minimum atomic E-state index is 0.0816. The Morgan fingerprint density at radius 2 is 2.05 bits per heavy atom. The van der Waals surface area contributed by atoms with E-state index in [0.29, 0.717) is 19.4 Å². The summed E-state index contributed by atoms with van der Waals surface area (Å²) in [5.41, 5.74) is 2.70. The molecule has 1 aliphatic rings. The fourth-order valence-corrected chi connectivity index (χ4v) is 2.29. The van der Waals surface area contributed by atoms with Crippen LogP contribution in [-0.4, -0.2) is 33.1 Å². The van der Waals surface area contributed by atoms with Crippen LogP contribution in [0.2, 0.25) is 0 Å². The first-order valence-electron chi connectivity index (χ1n) is 7.01. The molecule has 3 heterocycles. The van der Waals surface area contributed by atoms with Crippen molar-refractivity contribution in [3.8, 4) is 0 Å². The second kappa shape index (κ2) is 6.26. The fraction of sp³-hybridized carbons (Fsp3) is 0.250. The van der Waals surface area contributed by atoms with Crippen molar-refractivity contribution in [1.29, 1.82) is 0 Å². The molecule has 0 aromatic carbocycles. The van der Waals surface area contributed by atoms with Gasteiger partial charge in [-0.1, -0.05) is 6.07 Å². The second-order valence-corrected chi connectivity index (χ2v) is 4.91. The Bertz CT molecular complexity index is 640. The zero-order valence-corrected chi connectivity index (χ0v) is 11.6. The van der Waals surface area contributed by atoms with Crippen molar-refractivity contribution in [2.24, 2.45) is 5.10 Å². The molecule has 0 unspecified atom stereocenters. The molecule has 2 aromatic rings. The molecular weight excluding hydrogens is 264 g/mol. The van der Waals surface area contributed by atoms with E-state index in [4.69, 9.17) is 0 Å². The van der Waals surface area contributed by atoms with Gasteiger partial charge in [-0.2, -0.15) is 5.10 Å². The molecule has 3 rings (SSSR count). The average Bonchev–Trinajstić information content (AvgIpc) is 2.94. The lowest BCUT2D eigenvalue weighted by Gasteiger charge is -2.12. The van der Waals surface area contributed by atoms with Crippen LogP contribution in [0.15, 0.2) is 54.0 Å². The molecule has 0 aliphatic carbocycles. The Balaban J connectivity index is 1.91. The summed E-state index contributed by atoms with van der Waals surface area (Å²) in [5.74, 6) is 0.0816. The normalized spacial score (nSPS) is 15.5. The number of hydrogen-bond acceptors (Lipinski definition) is 4. The summed E-state index contributed by atoms with van der Waals surface area (Å²) in [5, 5.41) is 6.10. The largest absolute Gasteiger partial charge is 0.273 e. The van der Waals surface area contributed by atoms with Crippen molar-refractivity contribution in [3.05, 3.63) is 60.2 Å². The number of hydrazone groups is 1. The number of nitrogens with zero attached hydrogens (tertiary/aromatic N) is 4. The van der Waals surface area contributed by atoms with Crippen LogP contribution in [0.25, 0.3) is 0 Å². The van der Waals surface area contributed by atoms with E-state index in [0.717, 1.165) is 23.4 Å². The molecule has 1 saturated heterocycles. The first-order valence-corrected chi connectivity index (χ1v) is 7.01. The predicted molar refractivity (Wildman–Crippen MR) is 79.7 cm³/mol. The second-order valence-electron chi connectivity index (χ2n) is 4.91. The predicted octanol–water partition coefficient (Wildman–Crippen LogP) is 2.05. The Kier molecular flexibility index (Phi) is 4.00. The molecule has 106 valence electrons. The van der Waals surface area contributed by atoms with Gasteiger partial charge in [-0.05, 0) is 36.2 Å². The molecule has 1 aliphatic heterocycles. The topological polar surface area (TPSA) is 58.5 Å². The Morgan fingerprint density at radius 3 is 2.71 bits per heavy atom. The highest BCUT2D eigenvalue weighted by atomic mass is 16.2. The monoisotopic (exact) mass is 280 g/mol. The highest BCUT2D eigenvalue weighted by Gasteiger charge is 2.21. The van der Waals surface area contributed by atoms with Gasteiger partial charge in [0.1, 0.15) is 0 Å². The minimum absolute atomic E-state index is 0.0816. The standard InChI is InChI=1S/C16H16N4O/c21-16-5-3-11-20(16)19-15(14-4-1-2-8-18-14)12-13-6-9-17-10-7-13/h1-2,4,6-10H,3,5,11-12H2. The molecule has 5 heteroatoms. The first kappa shape index (κ1) is 13.4. The van der Waals surface area contributed by atoms with Crippen LogP contribution in [0.5, 0.6) is 0 Å². The molecule has 2 aromatic heterocycles. The van der Waals surface area contributed by atoms with Gasteiger partial charge in [0.15, 0.2) is 0 Å². The molecule has 0 atom stereocenters. The van der Waals surface area contributed by atoms with Crippen LogP contribution in [0.4, 0.5) is 0 Å². The van der Waals surface area contributed by atoms with Gasteiger partial charge in [0.2, 0.25) is 5.91 Å². The highest BCUT2D eigenvalue weighted by Crippen LogP contribution is 2.13. The summed E-state index contributed by atoms with van der Waals surface area (Å²) in [6.45, 7) is 0.686. The maximum Gasteiger partial charge on any atom is 0.242 e. The molecule has 0 saturated carbocycles. The van der Waals surface area contributed by atoms with Crippen LogP contribution in [0.1, 0.15) is 24.1 Å². The third-order valence-electron chi connectivity index (χ3n) is 3.37. The van der Waals surface area contributed by atoms with E-state index in [1.54, 1.807) is 23.6 Å².